The van der Waals surface area contributed by atoms with E-state index >= 15 is 0 Å². The highest BCUT2D eigenvalue weighted by molar-refractivity contribution is 5.81. The van der Waals surface area contributed by atoms with Gasteiger partial charge in [-0.15, -0.1) is 0 Å². The maximum atomic E-state index is 8.13. The largest absolute Gasteiger partial charge is 0.497 e. The van der Waals surface area contributed by atoms with Crippen molar-refractivity contribution in [3.63, 3.8) is 0 Å². The van der Waals surface area contributed by atoms with E-state index in [1.54, 1.807) is 13.2 Å². The van der Waals surface area contributed by atoms with Crippen LogP contribution in [0.15, 0.2) is 57.5 Å². The van der Waals surface area contributed by atoms with Gasteiger partial charge in [-0.3, -0.25) is 5.41 Å². The summed E-state index contributed by atoms with van der Waals surface area (Å²) < 4.78 is 16.1. The zero-order valence-electron chi connectivity index (χ0n) is 13.7. The summed E-state index contributed by atoms with van der Waals surface area (Å²) in [6.45, 7) is 2.01. The van der Waals surface area contributed by atoms with E-state index in [1.165, 1.54) is 0 Å². The number of nitrogens with zero attached hydrogens (tertiary/aromatic N) is 2. The first kappa shape index (κ1) is 15.1. The van der Waals surface area contributed by atoms with Crippen molar-refractivity contribution >= 4 is 11.0 Å². The average molecular weight is 333 g/mol. The van der Waals surface area contributed by atoms with Crippen molar-refractivity contribution in [2.75, 3.05) is 7.11 Å². The standard InChI is InChI=1S/C19H15N3O3/c1-11-3-5-12(6-4-11)19-21-18(22-25-19)15-9-13-7-8-14(23-2)10-16(13)24-17(15)20/h3-10,20H,1-2H3. The second-order valence-corrected chi connectivity index (χ2v) is 5.68. The van der Waals surface area contributed by atoms with E-state index in [-0.39, 0.29) is 5.55 Å². The zero-order valence-corrected chi connectivity index (χ0v) is 13.7. The van der Waals surface area contributed by atoms with Crippen LogP contribution in [0.2, 0.25) is 0 Å². The lowest BCUT2D eigenvalue weighted by atomic mass is 10.1. The molecular weight excluding hydrogens is 318 g/mol. The van der Waals surface area contributed by atoms with Crippen molar-refractivity contribution in [1.29, 1.82) is 5.41 Å². The number of fused-ring (bicyclic) bond motifs is 1. The lowest BCUT2D eigenvalue weighted by Crippen LogP contribution is -2.04. The fraction of sp³-hybridized carbons (Fsp3) is 0.105. The van der Waals surface area contributed by atoms with Gasteiger partial charge in [-0.25, -0.2) is 0 Å². The van der Waals surface area contributed by atoms with Gasteiger partial charge < -0.3 is 13.7 Å². The van der Waals surface area contributed by atoms with Crippen molar-refractivity contribution in [1.82, 2.24) is 10.1 Å². The SMILES string of the molecule is COc1ccc2cc(-c3noc(-c4ccc(C)cc4)n3)c(=N)oc2c1. The number of benzene rings is 2. The Morgan fingerprint density at radius 2 is 1.84 bits per heavy atom. The van der Waals surface area contributed by atoms with Gasteiger partial charge in [0.05, 0.1) is 12.7 Å². The predicted octanol–water partition coefficient (Wildman–Crippen LogP) is 3.95. The van der Waals surface area contributed by atoms with Gasteiger partial charge in [0.2, 0.25) is 11.4 Å². The van der Waals surface area contributed by atoms with Crippen LogP contribution in [0, 0.1) is 12.3 Å². The molecule has 2 heterocycles. The van der Waals surface area contributed by atoms with Gasteiger partial charge in [-0.1, -0.05) is 22.9 Å². The van der Waals surface area contributed by atoms with Gasteiger partial charge >= 0.3 is 0 Å². The minimum atomic E-state index is -0.0305. The van der Waals surface area contributed by atoms with Crippen LogP contribution in [0.3, 0.4) is 0 Å². The molecule has 0 aliphatic rings. The van der Waals surface area contributed by atoms with E-state index in [1.807, 2.05) is 49.4 Å². The van der Waals surface area contributed by atoms with Crippen LogP contribution in [0.1, 0.15) is 5.56 Å². The first-order valence-corrected chi connectivity index (χ1v) is 7.71. The number of methoxy groups -OCH3 is 1. The third-order valence-electron chi connectivity index (χ3n) is 3.94. The minimum Gasteiger partial charge on any atom is -0.497 e. The number of ether oxygens (including phenoxy) is 1. The number of hydrogen-bond acceptors (Lipinski definition) is 6. The summed E-state index contributed by atoms with van der Waals surface area (Å²) in [6.07, 6.45) is 0. The van der Waals surface area contributed by atoms with Crippen LogP contribution in [0.25, 0.3) is 33.8 Å². The molecule has 25 heavy (non-hydrogen) atoms. The van der Waals surface area contributed by atoms with Gasteiger partial charge in [0.25, 0.3) is 5.89 Å². The Bertz CT molecular complexity index is 1110. The molecule has 0 bridgehead atoms. The zero-order chi connectivity index (χ0) is 17.4. The average Bonchev–Trinajstić information content (AvgIpc) is 3.11. The molecule has 4 aromatic rings. The number of aryl methyl sites for hydroxylation is 1. The molecule has 4 rings (SSSR count). The molecule has 0 saturated heterocycles. The summed E-state index contributed by atoms with van der Waals surface area (Å²) in [7, 11) is 1.59. The van der Waals surface area contributed by atoms with E-state index in [9.17, 15) is 0 Å². The van der Waals surface area contributed by atoms with Gasteiger partial charge in [0.1, 0.15) is 11.3 Å². The van der Waals surface area contributed by atoms with Crippen molar-refractivity contribution in [3.8, 4) is 28.6 Å². The van der Waals surface area contributed by atoms with Crippen LogP contribution in [0.5, 0.6) is 5.75 Å². The van der Waals surface area contributed by atoms with Crippen LogP contribution >= 0.6 is 0 Å². The van der Waals surface area contributed by atoms with Crippen LogP contribution in [0.4, 0.5) is 0 Å². The molecule has 0 aliphatic heterocycles. The second-order valence-electron chi connectivity index (χ2n) is 5.68. The summed E-state index contributed by atoms with van der Waals surface area (Å²) in [5.74, 6) is 1.40. The van der Waals surface area contributed by atoms with Crippen LogP contribution in [-0.4, -0.2) is 17.3 Å². The number of rotatable bonds is 3. The van der Waals surface area contributed by atoms with Crippen molar-refractivity contribution in [3.05, 3.63) is 59.6 Å². The van der Waals surface area contributed by atoms with Crippen molar-refractivity contribution in [2.45, 2.75) is 6.92 Å². The van der Waals surface area contributed by atoms with E-state index < -0.39 is 0 Å². The van der Waals surface area contributed by atoms with Gasteiger partial charge in [-0.05, 0) is 37.3 Å². The first-order valence-electron chi connectivity index (χ1n) is 7.71. The van der Waals surface area contributed by atoms with E-state index in [4.69, 9.17) is 19.1 Å². The third kappa shape index (κ3) is 2.78. The fourth-order valence-corrected chi connectivity index (χ4v) is 2.55. The minimum absolute atomic E-state index is 0.0305. The van der Waals surface area contributed by atoms with E-state index in [0.29, 0.717) is 28.6 Å². The molecule has 0 saturated carbocycles. The van der Waals surface area contributed by atoms with Crippen LogP contribution in [-0.2, 0) is 0 Å². The molecule has 0 unspecified atom stereocenters. The molecule has 0 amide bonds. The predicted molar refractivity (Wildman–Crippen MR) is 92.1 cm³/mol. The first-order chi connectivity index (χ1) is 12.1. The summed E-state index contributed by atoms with van der Waals surface area (Å²) in [6, 6.07) is 15.1. The fourth-order valence-electron chi connectivity index (χ4n) is 2.55. The maximum Gasteiger partial charge on any atom is 0.258 e. The highest BCUT2D eigenvalue weighted by Gasteiger charge is 2.14. The van der Waals surface area contributed by atoms with Gasteiger partial charge in [-0.2, -0.15) is 4.98 Å². The Morgan fingerprint density at radius 1 is 1.04 bits per heavy atom. The molecule has 2 aromatic carbocycles. The molecule has 124 valence electrons. The van der Waals surface area contributed by atoms with Crippen molar-refractivity contribution in [2.24, 2.45) is 0 Å². The Balaban J connectivity index is 1.78. The molecule has 0 spiro atoms. The van der Waals surface area contributed by atoms with E-state index in [0.717, 1.165) is 16.5 Å². The van der Waals surface area contributed by atoms with Gasteiger partial charge in [0.15, 0.2) is 0 Å². The molecule has 0 aliphatic carbocycles. The number of nitrogens with one attached hydrogen (secondary N) is 1. The molecule has 0 atom stereocenters. The van der Waals surface area contributed by atoms with Crippen molar-refractivity contribution < 1.29 is 13.7 Å². The Labute approximate surface area is 143 Å². The molecular formula is C19H15N3O3. The Hall–Kier alpha value is -3.41. The normalized spacial score (nSPS) is 11.0. The Morgan fingerprint density at radius 3 is 2.60 bits per heavy atom. The molecule has 1 N–H and O–H groups in total. The second kappa shape index (κ2) is 5.90. The van der Waals surface area contributed by atoms with Gasteiger partial charge in [0, 0.05) is 17.0 Å². The molecule has 6 heteroatoms. The Kier molecular flexibility index (Phi) is 3.57. The van der Waals surface area contributed by atoms with Crippen LogP contribution < -0.4 is 10.3 Å². The number of hydrogen-bond donors (Lipinski definition) is 1. The maximum absolute atomic E-state index is 8.13. The molecule has 0 fully saturated rings. The monoisotopic (exact) mass is 333 g/mol. The smallest absolute Gasteiger partial charge is 0.258 e. The quantitative estimate of drug-likeness (QED) is 0.613. The molecule has 6 nitrogen and oxygen atoms in total. The lowest BCUT2D eigenvalue weighted by molar-refractivity contribution is 0.413. The lowest BCUT2D eigenvalue weighted by Gasteiger charge is -2.03. The van der Waals surface area contributed by atoms with E-state index in [2.05, 4.69) is 10.1 Å². The molecule has 0 radical (unpaired) electrons. The topological polar surface area (TPSA) is 85.1 Å². The third-order valence-corrected chi connectivity index (χ3v) is 3.94. The summed E-state index contributed by atoms with van der Waals surface area (Å²) >= 11 is 0. The summed E-state index contributed by atoms with van der Waals surface area (Å²) in [5.41, 5.74) is 2.99. The highest BCUT2D eigenvalue weighted by atomic mass is 16.5. The summed E-state index contributed by atoms with van der Waals surface area (Å²) in [5, 5.41) is 13.0. The highest BCUT2D eigenvalue weighted by Crippen LogP contribution is 2.25. The molecule has 2 aromatic heterocycles. The summed E-state index contributed by atoms with van der Waals surface area (Å²) in [4.78, 5) is 4.40. The number of aromatic nitrogens is 2.